The van der Waals surface area contributed by atoms with Gasteiger partial charge in [0.2, 0.25) is 0 Å². The number of alkyl halides is 3. The summed E-state index contributed by atoms with van der Waals surface area (Å²) in [5.74, 6) is -2.26. The number of carbonyl (C=O) groups is 1. The Hall–Kier alpha value is -0.820. The molecule has 78 valence electrons. The van der Waals surface area contributed by atoms with Gasteiger partial charge < -0.3 is 9.64 Å². The molecule has 0 radical (unpaired) electrons. The lowest BCUT2D eigenvalue weighted by atomic mass is 10.5. The second-order valence-corrected chi connectivity index (χ2v) is 2.70. The molecule has 13 heavy (non-hydrogen) atoms. The summed E-state index contributed by atoms with van der Waals surface area (Å²) >= 11 is 0. The molecule has 0 fully saturated rings. The van der Waals surface area contributed by atoms with Crippen molar-refractivity contribution in [1.82, 2.24) is 4.90 Å². The Bertz CT molecular complexity index is 181. The lowest BCUT2D eigenvalue weighted by Gasteiger charge is -2.17. The third-order valence-electron chi connectivity index (χ3n) is 1.03. The number of nitrogens with two attached hydrogens (primary N) is 1. The van der Waals surface area contributed by atoms with E-state index in [1.165, 1.54) is 4.90 Å². The monoisotopic (exact) mass is 200 g/mol. The summed E-state index contributed by atoms with van der Waals surface area (Å²) in [7, 11) is 3.20. The van der Waals surface area contributed by atoms with Crippen molar-refractivity contribution in [3.8, 4) is 0 Å². The zero-order valence-electron chi connectivity index (χ0n) is 7.26. The summed E-state index contributed by atoms with van der Waals surface area (Å²) in [6, 6.07) is 0. The normalized spacial score (nSPS) is 14.4. The highest BCUT2D eigenvalue weighted by molar-refractivity contribution is 5.75. The Labute approximate surface area is 73.4 Å². The first-order valence-electron chi connectivity index (χ1n) is 3.41. The van der Waals surface area contributed by atoms with Gasteiger partial charge in [-0.2, -0.15) is 13.2 Å². The van der Waals surface area contributed by atoms with Crippen LogP contribution in [-0.2, 0) is 9.53 Å². The van der Waals surface area contributed by atoms with Gasteiger partial charge in [-0.1, -0.05) is 0 Å². The minimum atomic E-state index is -4.98. The fraction of sp³-hybridized carbons (Fsp3) is 0.833. The molecular weight excluding hydrogens is 189 g/mol. The fourth-order valence-corrected chi connectivity index (χ4v) is 0.601. The summed E-state index contributed by atoms with van der Waals surface area (Å²) in [4.78, 5) is 11.7. The number of rotatable bonds is 3. The third kappa shape index (κ3) is 5.42. The van der Waals surface area contributed by atoms with E-state index in [0.717, 1.165) is 0 Å². The zero-order valence-corrected chi connectivity index (χ0v) is 7.26. The molecule has 0 bridgehead atoms. The number of hydrogen-bond donors (Lipinski definition) is 1. The molecule has 0 aliphatic heterocycles. The number of ether oxygens (including phenoxy) is 1. The number of nitrogens with zero attached hydrogens (tertiary/aromatic N) is 1. The van der Waals surface area contributed by atoms with Crippen LogP contribution in [0, 0.1) is 0 Å². The highest BCUT2D eigenvalue weighted by atomic mass is 19.4. The summed E-state index contributed by atoms with van der Waals surface area (Å²) < 4.78 is 38.7. The Morgan fingerprint density at radius 2 is 2.00 bits per heavy atom. The Kier molecular flexibility index (Phi) is 4.15. The smallest absolute Gasteiger partial charge is 0.439 e. The lowest BCUT2D eigenvalue weighted by molar-refractivity contribution is -0.205. The van der Waals surface area contributed by atoms with Gasteiger partial charge in [0.1, 0.15) is 0 Å². The molecule has 1 atom stereocenters. The van der Waals surface area contributed by atoms with Crippen molar-refractivity contribution in [2.75, 3.05) is 20.6 Å². The molecule has 7 heteroatoms. The maximum absolute atomic E-state index is 11.6. The van der Waals surface area contributed by atoms with Crippen LogP contribution in [0.4, 0.5) is 13.2 Å². The van der Waals surface area contributed by atoms with E-state index in [2.05, 4.69) is 4.74 Å². The standard InChI is InChI=1S/C6H11F3N2O2/c1-11(2)3-4(10)13-5(12)6(7,8)9/h4H,3,10H2,1-2H3. The van der Waals surface area contributed by atoms with E-state index in [1.807, 2.05) is 0 Å². The van der Waals surface area contributed by atoms with Crippen molar-refractivity contribution in [1.29, 1.82) is 0 Å². The molecule has 0 aromatic carbocycles. The Balaban J connectivity index is 3.93. The van der Waals surface area contributed by atoms with Crippen LogP contribution in [0.5, 0.6) is 0 Å². The number of carbonyl (C=O) groups excluding carboxylic acids is 1. The summed E-state index contributed by atoms with van der Waals surface area (Å²) in [6.45, 7) is 0.0435. The van der Waals surface area contributed by atoms with Gasteiger partial charge in [0, 0.05) is 6.54 Å². The van der Waals surface area contributed by atoms with E-state index in [-0.39, 0.29) is 6.54 Å². The number of halogens is 3. The molecule has 4 nitrogen and oxygen atoms in total. The van der Waals surface area contributed by atoms with Crippen molar-refractivity contribution < 1.29 is 22.7 Å². The molecule has 0 saturated carbocycles. The van der Waals surface area contributed by atoms with Crippen molar-refractivity contribution in [3.63, 3.8) is 0 Å². The zero-order chi connectivity index (χ0) is 10.6. The molecule has 0 aromatic heterocycles. The number of likely N-dealkylation sites (N-methyl/N-ethyl adjacent to an activating group) is 1. The molecule has 0 aliphatic rings. The quantitative estimate of drug-likeness (QED) is 0.512. The topological polar surface area (TPSA) is 55.6 Å². The van der Waals surface area contributed by atoms with Crippen molar-refractivity contribution >= 4 is 5.97 Å². The van der Waals surface area contributed by atoms with Crippen molar-refractivity contribution in [2.45, 2.75) is 12.4 Å². The molecular formula is C6H11F3N2O2. The van der Waals surface area contributed by atoms with E-state index >= 15 is 0 Å². The second kappa shape index (κ2) is 4.43. The lowest BCUT2D eigenvalue weighted by Crippen LogP contribution is -2.40. The Morgan fingerprint density at radius 1 is 1.54 bits per heavy atom. The van der Waals surface area contributed by atoms with E-state index in [1.54, 1.807) is 14.1 Å². The van der Waals surface area contributed by atoms with Crippen LogP contribution < -0.4 is 5.73 Å². The first kappa shape index (κ1) is 12.2. The highest BCUT2D eigenvalue weighted by Crippen LogP contribution is 2.16. The molecule has 0 rings (SSSR count). The largest absolute Gasteiger partial charge is 0.490 e. The molecule has 0 saturated heterocycles. The van der Waals surface area contributed by atoms with Gasteiger partial charge in [-0.3, -0.25) is 5.73 Å². The first-order chi connectivity index (χ1) is 5.73. The van der Waals surface area contributed by atoms with Crippen molar-refractivity contribution in [2.24, 2.45) is 5.73 Å². The summed E-state index contributed by atoms with van der Waals surface area (Å²) in [6.07, 6.45) is -6.24. The van der Waals surface area contributed by atoms with Crippen LogP contribution >= 0.6 is 0 Å². The predicted octanol–water partition coefficient (Wildman–Crippen LogP) is -0.0617. The highest BCUT2D eigenvalue weighted by Gasteiger charge is 2.41. The van der Waals surface area contributed by atoms with E-state index in [0.29, 0.717) is 0 Å². The average molecular weight is 200 g/mol. The average Bonchev–Trinajstić information content (AvgIpc) is 1.82. The summed E-state index contributed by atoms with van der Waals surface area (Å²) in [5.41, 5.74) is 5.09. The van der Waals surface area contributed by atoms with Gasteiger partial charge in [0.05, 0.1) is 0 Å². The molecule has 0 spiro atoms. The molecule has 0 amide bonds. The molecule has 0 aliphatic carbocycles. The SMILES string of the molecule is CN(C)CC(N)OC(=O)C(F)(F)F. The minimum Gasteiger partial charge on any atom is -0.439 e. The fourth-order valence-electron chi connectivity index (χ4n) is 0.601. The van der Waals surface area contributed by atoms with E-state index in [4.69, 9.17) is 5.73 Å². The van der Waals surface area contributed by atoms with Crippen LogP contribution in [0.1, 0.15) is 0 Å². The number of esters is 1. The van der Waals surface area contributed by atoms with Gasteiger partial charge in [0.25, 0.3) is 0 Å². The van der Waals surface area contributed by atoms with Crippen LogP contribution in [0.3, 0.4) is 0 Å². The van der Waals surface area contributed by atoms with Gasteiger partial charge in [-0.15, -0.1) is 0 Å². The predicted molar refractivity (Wildman–Crippen MR) is 38.7 cm³/mol. The van der Waals surface area contributed by atoms with Gasteiger partial charge >= 0.3 is 12.1 Å². The summed E-state index contributed by atoms with van der Waals surface area (Å²) in [5, 5.41) is 0. The first-order valence-corrected chi connectivity index (χ1v) is 3.41. The van der Waals surface area contributed by atoms with Crippen LogP contribution in [0.15, 0.2) is 0 Å². The van der Waals surface area contributed by atoms with Crippen LogP contribution in [0.2, 0.25) is 0 Å². The molecule has 1 unspecified atom stereocenters. The maximum Gasteiger partial charge on any atom is 0.490 e. The van der Waals surface area contributed by atoms with Crippen LogP contribution in [0.25, 0.3) is 0 Å². The maximum atomic E-state index is 11.6. The second-order valence-electron chi connectivity index (χ2n) is 2.70. The number of hydrogen-bond acceptors (Lipinski definition) is 4. The molecule has 0 aromatic rings. The van der Waals surface area contributed by atoms with Gasteiger partial charge in [-0.05, 0) is 14.1 Å². The van der Waals surface area contributed by atoms with E-state index in [9.17, 15) is 18.0 Å². The Morgan fingerprint density at radius 3 is 2.31 bits per heavy atom. The van der Waals surface area contributed by atoms with Gasteiger partial charge in [-0.25, -0.2) is 4.79 Å². The van der Waals surface area contributed by atoms with Gasteiger partial charge in [0.15, 0.2) is 6.23 Å². The molecule has 2 N–H and O–H groups in total. The molecule has 0 heterocycles. The minimum absolute atomic E-state index is 0.0435. The van der Waals surface area contributed by atoms with Crippen LogP contribution in [-0.4, -0.2) is 43.9 Å². The van der Waals surface area contributed by atoms with E-state index < -0.39 is 18.4 Å². The third-order valence-corrected chi connectivity index (χ3v) is 1.03. The van der Waals surface area contributed by atoms with Crippen molar-refractivity contribution in [3.05, 3.63) is 0 Å².